The summed E-state index contributed by atoms with van der Waals surface area (Å²) in [6, 6.07) is 4.41. The molecular formula is C10H13ClN2O4S. The quantitative estimate of drug-likeness (QED) is 0.856. The van der Waals surface area contributed by atoms with Crippen molar-refractivity contribution < 1.29 is 17.9 Å². The molecule has 0 aromatic heterocycles. The van der Waals surface area contributed by atoms with E-state index in [0.717, 1.165) is 6.26 Å². The van der Waals surface area contributed by atoms with Gasteiger partial charge in [0, 0.05) is 7.11 Å². The Morgan fingerprint density at radius 1 is 1.44 bits per heavy atom. The molecule has 0 spiro atoms. The summed E-state index contributed by atoms with van der Waals surface area (Å²) >= 11 is 5.88. The summed E-state index contributed by atoms with van der Waals surface area (Å²) < 4.78 is 29.1. The maximum absolute atomic E-state index is 11.3. The minimum Gasteiger partial charge on any atom is -0.375 e. The van der Waals surface area contributed by atoms with Crippen LogP contribution in [0.3, 0.4) is 0 Å². The number of sulfonamides is 1. The van der Waals surface area contributed by atoms with Gasteiger partial charge in [-0.1, -0.05) is 11.6 Å². The summed E-state index contributed by atoms with van der Waals surface area (Å²) in [5, 5.41) is 2.81. The second-order valence-electron chi connectivity index (χ2n) is 3.55. The second kappa shape index (κ2) is 6.03. The average molecular weight is 293 g/mol. The Morgan fingerprint density at radius 3 is 2.67 bits per heavy atom. The van der Waals surface area contributed by atoms with E-state index in [9.17, 15) is 13.2 Å². The molecule has 0 aliphatic rings. The number of benzene rings is 1. The molecule has 1 rings (SSSR count). The monoisotopic (exact) mass is 292 g/mol. The van der Waals surface area contributed by atoms with Crippen LogP contribution in [-0.4, -0.2) is 34.3 Å². The molecule has 8 heteroatoms. The third-order valence-corrected chi connectivity index (χ3v) is 2.76. The van der Waals surface area contributed by atoms with Gasteiger partial charge in [0.15, 0.2) is 0 Å². The number of halogens is 1. The van der Waals surface area contributed by atoms with Crippen molar-refractivity contribution in [2.75, 3.05) is 30.0 Å². The van der Waals surface area contributed by atoms with Gasteiger partial charge >= 0.3 is 0 Å². The fraction of sp³-hybridized carbons (Fsp3) is 0.300. The first kappa shape index (κ1) is 14.7. The van der Waals surface area contributed by atoms with E-state index in [-0.39, 0.29) is 12.5 Å². The largest absolute Gasteiger partial charge is 0.375 e. The van der Waals surface area contributed by atoms with Crippen LogP contribution in [0.5, 0.6) is 0 Å². The maximum Gasteiger partial charge on any atom is 0.250 e. The Balaban J connectivity index is 2.91. The van der Waals surface area contributed by atoms with Crippen molar-refractivity contribution in [1.29, 1.82) is 0 Å². The SMILES string of the molecule is COCC(=O)Nc1cc(NS(C)(=O)=O)ccc1Cl. The first-order valence-electron chi connectivity index (χ1n) is 4.88. The van der Waals surface area contributed by atoms with E-state index in [1.165, 1.54) is 25.3 Å². The lowest BCUT2D eigenvalue weighted by molar-refractivity contribution is -0.119. The molecule has 0 atom stereocenters. The van der Waals surface area contributed by atoms with Crippen LogP contribution in [0.25, 0.3) is 0 Å². The minimum absolute atomic E-state index is 0.111. The van der Waals surface area contributed by atoms with Crippen molar-refractivity contribution in [3.05, 3.63) is 23.2 Å². The number of anilines is 2. The molecule has 2 N–H and O–H groups in total. The lowest BCUT2D eigenvalue weighted by atomic mass is 10.3. The number of carbonyl (C=O) groups is 1. The standard InChI is InChI=1S/C10H13ClN2O4S/c1-17-6-10(14)12-9-5-7(3-4-8(9)11)13-18(2,15)16/h3-5,13H,6H2,1-2H3,(H,12,14). The summed E-state index contributed by atoms with van der Waals surface area (Å²) in [6.45, 7) is -0.111. The summed E-state index contributed by atoms with van der Waals surface area (Å²) in [6.07, 6.45) is 1.03. The van der Waals surface area contributed by atoms with Gasteiger partial charge in [-0.25, -0.2) is 8.42 Å². The summed E-state index contributed by atoms with van der Waals surface area (Å²) in [4.78, 5) is 11.3. The molecule has 0 radical (unpaired) electrons. The van der Waals surface area contributed by atoms with Crippen molar-refractivity contribution in [3.63, 3.8) is 0 Å². The van der Waals surface area contributed by atoms with Crippen molar-refractivity contribution in [2.45, 2.75) is 0 Å². The van der Waals surface area contributed by atoms with E-state index in [2.05, 4.69) is 14.8 Å². The van der Waals surface area contributed by atoms with Crippen molar-refractivity contribution in [1.82, 2.24) is 0 Å². The molecule has 6 nitrogen and oxygen atoms in total. The number of carbonyl (C=O) groups excluding carboxylic acids is 1. The molecule has 0 saturated heterocycles. The number of hydrogen-bond acceptors (Lipinski definition) is 4. The lowest BCUT2D eigenvalue weighted by Gasteiger charge is -2.10. The predicted molar refractivity (Wildman–Crippen MR) is 70.4 cm³/mol. The molecule has 100 valence electrons. The number of rotatable bonds is 5. The fourth-order valence-corrected chi connectivity index (χ4v) is 1.94. The van der Waals surface area contributed by atoms with Crippen molar-refractivity contribution >= 4 is 38.9 Å². The molecule has 0 unspecified atom stereocenters. The molecule has 1 aromatic carbocycles. The Labute approximate surface area is 110 Å². The van der Waals surface area contributed by atoms with Gasteiger partial charge in [-0.05, 0) is 18.2 Å². The summed E-state index contributed by atoms with van der Waals surface area (Å²) in [5.74, 6) is -0.379. The molecule has 0 heterocycles. The third-order valence-electron chi connectivity index (χ3n) is 1.82. The maximum atomic E-state index is 11.3. The summed E-state index contributed by atoms with van der Waals surface area (Å²) in [5.41, 5.74) is 0.627. The predicted octanol–water partition coefficient (Wildman–Crippen LogP) is 1.30. The number of amides is 1. The Morgan fingerprint density at radius 2 is 2.11 bits per heavy atom. The second-order valence-corrected chi connectivity index (χ2v) is 5.71. The van der Waals surface area contributed by atoms with Gasteiger partial charge in [-0.15, -0.1) is 0 Å². The molecule has 0 saturated carbocycles. The molecule has 0 aliphatic heterocycles. The highest BCUT2D eigenvalue weighted by atomic mass is 35.5. The minimum atomic E-state index is -3.38. The molecule has 0 aliphatic carbocycles. The Bertz CT molecular complexity index is 545. The average Bonchev–Trinajstić information content (AvgIpc) is 2.21. The molecule has 0 bridgehead atoms. The van der Waals surface area contributed by atoms with E-state index in [4.69, 9.17) is 11.6 Å². The van der Waals surface area contributed by atoms with E-state index >= 15 is 0 Å². The highest BCUT2D eigenvalue weighted by molar-refractivity contribution is 7.92. The Hall–Kier alpha value is -1.31. The van der Waals surface area contributed by atoms with E-state index < -0.39 is 10.0 Å². The highest BCUT2D eigenvalue weighted by Gasteiger charge is 2.08. The molecule has 1 amide bonds. The lowest BCUT2D eigenvalue weighted by Crippen LogP contribution is -2.17. The van der Waals surface area contributed by atoms with Gasteiger partial charge in [0.25, 0.3) is 0 Å². The topological polar surface area (TPSA) is 84.5 Å². The zero-order valence-electron chi connectivity index (χ0n) is 9.86. The van der Waals surface area contributed by atoms with Crippen LogP contribution < -0.4 is 10.0 Å². The van der Waals surface area contributed by atoms with Crippen LogP contribution in [0, 0.1) is 0 Å². The fourth-order valence-electron chi connectivity index (χ4n) is 1.22. The van der Waals surface area contributed by atoms with Gasteiger partial charge in [-0.2, -0.15) is 0 Å². The van der Waals surface area contributed by atoms with Crippen LogP contribution >= 0.6 is 11.6 Å². The number of ether oxygens (including phenoxy) is 1. The van der Waals surface area contributed by atoms with E-state index in [1.807, 2.05) is 0 Å². The van der Waals surface area contributed by atoms with Gasteiger partial charge in [0.05, 0.1) is 22.7 Å². The zero-order valence-corrected chi connectivity index (χ0v) is 11.4. The van der Waals surface area contributed by atoms with E-state index in [0.29, 0.717) is 16.4 Å². The van der Waals surface area contributed by atoms with Crippen LogP contribution in [0.2, 0.25) is 5.02 Å². The first-order chi connectivity index (χ1) is 8.31. The van der Waals surface area contributed by atoms with Gasteiger partial charge in [0.1, 0.15) is 6.61 Å². The molecular weight excluding hydrogens is 280 g/mol. The van der Waals surface area contributed by atoms with Crippen LogP contribution in [-0.2, 0) is 19.6 Å². The smallest absolute Gasteiger partial charge is 0.250 e. The van der Waals surface area contributed by atoms with Crippen molar-refractivity contribution in [2.24, 2.45) is 0 Å². The first-order valence-corrected chi connectivity index (χ1v) is 7.15. The summed E-state index contributed by atoms with van der Waals surface area (Å²) in [7, 11) is -1.98. The Kier molecular flexibility index (Phi) is 4.94. The number of hydrogen-bond donors (Lipinski definition) is 2. The molecule has 0 fully saturated rings. The van der Waals surface area contributed by atoms with Crippen LogP contribution in [0.15, 0.2) is 18.2 Å². The van der Waals surface area contributed by atoms with Gasteiger partial charge < -0.3 is 10.1 Å². The van der Waals surface area contributed by atoms with Crippen LogP contribution in [0.4, 0.5) is 11.4 Å². The highest BCUT2D eigenvalue weighted by Crippen LogP contribution is 2.25. The van der Waals surface area contributed by atoms with Crippen LogP contribution in [0.1, 0.15) is 0 Å². The van der Waals surface area contributed by atoms with Crippen molar-refractivity contribution in [3.8, 4) is 0 Å². The normalized spacial score (nSPS) is 11.1. The number of methoxy groups -OCH3 is 1. The van der Waals surface area contributed by atoms with Gasteiger partial charge in [-0.3, -0.25) is 9.52 Å². The van der Waals surface area contributed by atoms with Gasteiger partial charge in [0.2, 0.25) is 15.9 Å². The zero-order chi connectivity index (χ0) is 13.8. The number of nitrogens with one attached hydrogen (secondary N) is 2. The van der Waals surface area contributed by atoms with E-state index in [1.54, 1.807) is 0 Å². The third kappa shape index (κ3) is 4.91. The molecule has 1 aromatic rings. The molecule has 18 heavy (non-hydrogen) atoms.